The second-order valence-corrected chi connectivity index (χ2v) is 4.69. The number of amides is 1. The average molecular weight is 249 g/mol. The predicted molar refractivity (Wildman–Crippen MR) is 68.7 cm³/mol. The lowest BCUT2D eigenvalue weighted by Gasteiger charge is -2.19. The van der Waals surface area contributed by atoms with Crippen LogP contribution in [0.15, 0.2) is 24.3 Å². The first-order chi connectivity index (χ1) is 8.74. The highest BCUT2D eigenvalue weighted by atomic mass is 16.5. The zero-order valence-corrected chi connectivity index (χ0v) is 10.6. The van der Waals surface area contributed by atoms with E-state index in [4.69, 9.17) is 4.74 Å². The molecule has 0 saturated heterocycles. The van der Waals surface area contributed by atoms with Gasteiger partial charge in [0.05, 0.1) is 7.11 Å². The number of hydrogen-bond acceptors (Lipinski definition) is 3. The Morgan fingerprint density at radius 1 is 1.50 bits per heavy atom. The standard InChI is InChI=1S/C14H19NO3/c1-18-12-6-2-4-10(8-12)14(17)15-13-7-3-5-11(13)9-16/h2,4,6,8,11,13,16H,3,5,7,9H2,1H3,(H,15,17)/t11-,13-/m1/s1. The van der Waals surface area contributed by atoms with Crippen LogP contribution in [-0.2, 0) is 0 Å². The lowest BCUT2D eigenvalue weighted by molar-refractivity contribution is 0.0915. The van der Waals surface area contributed by atoms with Crippen LogP contribution in [0.5, 0.6) is 5.75 Å². The summed E-state index contributed by atoms with van der Waals surface area (Å²) in [7, 11) is 1.58. The molecule has 1 amide bonds. The van der Waals surface area contributed by atoms with E-state index in [1.807, 2.05) is 6.07 Å². The molecule has 4 heteroatoms. The summed E-state index contributed by atoms with van der Waals surface area (Å²) < 4.78 is 5.10. The van der Waals surface area contributed by atoms with Crippen molar-refractivity contribution in [2.45, 2.75) is 25.3 Å². The Morgan fingerprint density at radius 2 is 2.33 bits per heavy atom. The van der Waals surface area contributed by atoms with Gasteiger partial charge in [-0.2, -0.15) is 0 Å². The Balaban J connectivity index is 2.02. The Bertz CT molecular complexity index is 419. The minimum atomic E-state index is -0.0979. The Hall–Kier alpha value is -1.55. The van der Waals surface area contributed by atoms with E-state index >= 15 is 0 Å². The number of carbonyl (C=O) groups excluding carboxylic acids is 1. The van der Waals surface area contributed by atoms with Crippen LogP contribution in [0.2, 0.25) is 0 Å². The maximum atomic E-state index is 12.1. The van der Waals surface area contributed by atoms with Gasteiger partial charge in [-0.15, -0.1) is 0 Å². The first kappa shape index (κ1) is 12.9. The molecule has 0 heterocycles. The van der Waals surface area contributed by atoms with Crippen molar-refractivity contribution >= 4 is 5.91 Å². The third kappa shape index (κ3) is 2.82. The molecule has 2 N–H and O–H groups in total. The van der Waals surface area contributed by atoms with E-state index in [9.17, 15) is 9.90 Å². The van der Waals surface area contributed by atoms with Gasteiger partial charge in [-0.1, -0.05) is 12.5 Å². The number of rotatable bonds is 4. The Morgan fingerprint density at radius 3 is 3.06 bits per heavy atom. The second kappa shape index (κ2) is 5.87. The molecule has 1 aliphatic carbocycles. The Kier molecular flexibility index (Phi) is 4.20. The van der Waals surface area contributed by atoms with Crippen LogP contribution < -0.4 is 10.1 Å². The molecule has 18 heavy (non-hydrogen) atoms. The summed E-state index contributed by atoms with van der Waals surface area (Å²) in [5.74, 6) is 0.770. The SMILES string of the molecule is COc1cccc(C(=O)N[C@@H]2CCC[C@@H]2CO)c1. The van der Waals surface area contributed by atoms with E-state index in [2.05, 4.69) is 5.32 Å². The number of benzene rings is 1. The molecule has 0 radical (unpaired) electrons. The van der Waals surface area contributed by atoms with Crippen LogP contribution in [0.4, 0.5) is 0 Å². The molecular weight excluding hydrogens is 230 g/mol. The van der Waals surface area contributed by atoms with Gasteiger partial charge in [-0.05, 0) is 31.0 Å². The Labute approximate surface area is 107 Å². The van der Waals surface area contributed by atoms with Crippen molar-refractivity contribution in [3.8, 4) is 5.75 Å². The van der Waals surface area contributed by atoms with Crippen LogP contribution in [0.1, 0.15) is 29.6 Å². The number of aliphatic hydroxyl groups is 1. The fourth-order valence-electron chi connectivity index (χ4n) is 2.46. The molecule has 0 aliphatic heterocycles. The van der Waals surface area contributed by atoms with Crippen molar-refractivity contribution in [1.82, 2.24) is 5.32 Å². The quantitative estimate of drug-likeness (QED) is 0.852. The summed E-state index contributed by atoms with van der Waals surface area (Å²) in [6, 6.07) is 7.18. The maximum Gasteiger partial charge on any atom is 0.251 e. The van der Waals surface area contributed by atoms with Gasteiger partial charge in [-0.25, -0.2) is 0 Å². The molecule has 0 spiro atoms. The molecule has 1 aromatic carbocycles. The lowest BCUT2D eigenvalue weighted by atomic mass is 10.0. The summed E-state index contributed by atoms with van der Waals surface area (Å²) in [4.78, 5) is 12.1. The van der Waals surface area contributed by atoms with Gasteiger partial charge in [0.1, 0.15) is 5.75 Å². The topological polar surface area (TPSA) is 58.6 Å². The minimum Gasteiger partial charge on any atom is -0.497 e. The van der Waals surface area contributed by atoms with Gasteiger partial charge in [0, 0.05) is 24.1 Å². The molecule has 0 unspecified atom stereocenters. The average Bonchev–Trinajstić information content (AvgIpc) is 2.86. The fraction of sp³-hybridized carbons (Fsp3) is 0.500. The molecule has 1 aromatic rings. The van der Waals surface area contributed by atoms with E-state index in [0.29, 0.717) is 11.3 Å². The number of aliphatic hydroxyl groups excluding tert-OH is 1. The number of nitrogens with one attached hydrogen (secondary N) is 1. The van der Waals surface area contributed by atoms with Gasteiger partial charge < -0.3 is 15.2 Å². The minimum absolute atomic E-state index is 0.0914. The van der Waals surface area contributed by atoms with Gasteiger partial charge in [0.15, 0.2) is 0 Å². The highest BCUT2D eigenvalue weighted by molar-refractivity contribution is 5.94. The van der Waals surface area contributed by atoms with Crippen molar-refractivity contribution < 1.29 is 14.6 Å². The summed E-state index contributed by atoms with van der Waals surface area (Å²) >= 11 is 0. The first-order valence-corrected chi connectivity index (χ1v) is 6.30. The zero-order chi connectivity index (χ0) is 13.0. The van der Waals surface area contributed by atoms with E-state index in [1.54, 1.807) is 25.3 Å². The zero-order valence-electron chi connectivity index (χ0n) is 10.6. The maximum absolute atomic E-state index is 12.1. The van der Waals surface area contributed by atoms with Crippen LogP contribution in [0.25, 0.3) is 0 Å². The van der Waals surface area contributed by atoms with Crippen LogP contribution in [0, 0.1) is 5.92 Å². The van der Waals surface area contributed by atoms with E-state index in [1.165, 1.54) is 0 Å². The van der Waals surface area contributed by atoms with E-state index in [0.717, 1.165) is 19.3 Å². The first-order valence-electron chi connectivity index (χ1n) is 6.30. The molecule has 1 saturated carbocycles. The second-order valence-electron chi connectivity index (χ2n) is 4.69. The molecule has 4 nitrogen and oxygen atoms in total. The number of ether oxygens (including phenoxy) is 1. The number of methoxy groups -OCH3 is 1. The molecule has 0 aromatic heterocycles. The van der Waals surface area contributed by atoms with Gasteiger partial charge >= 0.3 is 0 Å². The summed E-state index contributed by atoms with van der Waals surface area (Å²) in [6.07, 6.45) is 2.99. The molecule has 98 valence electrons. The highest BCUT2D eigenvalue weighted by Gasteiger charge is 2.28. The van der Waals surface area contributed by atoms with Crippen molar-refractivity contribution in [1.29, 1.82) is 0 Å². The van der Waals surface area contributed by atoms with Crippen LogP contribution >= 0.6 is 0 Å². The normalized spacial score (nSPS) is 22.8. The molecule has 2 rings (SSSR count). The summed E-state index contributed by atoms with van der Waals surface area (Å²) in [5.41, 5.74) is 0.595. The largest absolute Gasteiger partial charge is 0.497 e. The fourth-order valence-corrected chi connectivity index (χ4v) is 2.46. The molecule has 0 bridgehead atoms. The molecule has 1 aliphatic rings. The summed E-state index contributed by atoms with van der Waals surface area (Å²) in [5, 5.41) is 12.2. The molecule has 2 atom stereocenters. The van der Waals surface area contributed by atoms with Crippen molar-refractivity contribution in [2.75, 3.05) is 13.7 Å². The third-order valence-corrected chi connectivity index (χ3v) is 3.54. The smallest absolute Gasteiger partial charge is 0.251 e. The van der Waals surface area contributed by atoms with Gasteiger partial charge in [-0.3, -0.25) is 4.79 Å². The van der Waals surface area contributed by atoms with Gasteiger partial charge in [0.25, 0.3) is 5.91 Å². The molecular formula is C14H19NO3. The van der Waals surface area contributed by atoms with E-state index < -0.39 is 0 Å². The van der Waals surface area contributed by atoms with Crippen LogP contribution in [0.3, 0.4) is 0 Å². The monoisotopic (exact) mass is 249 g/mol. The van der Waals surface area contributed by atoms with Gasteiger partial charge in [0.2, 0.25) is 0 Å². The predicted octanol–water partition coefficient (Wildman–Crippen LogP) is 1.59. The number of hydrogen-bond donors (Lipinski definition) is 2. The van der Waals surface area contributed by atoms with Crippen molar-refractivity contribution in [3.63, 3.8) is 0 Å². The third-order valence-electron chi connectivity index (χ3n) is 3.54. The van der Waals surface area contributed by atoms with Crippen molar-refractivity contribution in [3.05, 3.63) is 29.8 Å². The van der Waals surface area contributed by atoms with Crippen LogP contribution in [-0.4, -0.2) is 30.8 Å². The molecule has 1 fully saturated rings. The van der Waals surface area contributed by atoms with E-state index in [-0.39, 0.29) is 24.5 Å². The van der Waals surface area contributed by atoms with Crippen molar-refractivity contribution in [2.24, 2.45) is 5.92 Å². The lowest BCUT2D eigenvalue weighted by Crippen LogP contribution is -2.38. The highest BCUT2D eigenvalue weighted by Crippen LogP contribution is 2.25. The number of carbonyl (C=O) groups is 1. The summed E-state index contributed by atoms with van der Waals surface area (Å²) in [6.45, 7) is 0.142.